The van der Waals surface area contributed by atoms with Gasteiger partial charge in [-0.25, -0.2) is 0 Å². The van der Waals surface area contributed by atoms with E-state index in [0.29, 0.717) is 26.1 Å². The maximum Gasteiger partial charge on any atom is 0.221 e. The summed E-state index contributed by atoms with van der Waals surface area (Å²) in [7, 11) is 0. The van der Waals surface area contributed by atoms with Gasteiger partial charge in [-0.05, 0) is 17.5 Å². The van der Waals surface area contributed by atoms with E-state index in [2.05, 4.69) is 5.32 Å². The molecule has 1 N–H and O–H groups in total. The lowest BCUT2D eigenvalue weighted by molar-refractivity contribution is -0.130. The molecule has 0 aromatic heterocycles. The first-order valence-electron chi connectivity index (χ1n) is 8.25. The van der Waals surface area contributed by atoms with E-state index in [-0.39, 0.29) is 11.8 Å². The average Bonchev–Trinajstić information content (AvgIpc) is 2.60. The maximum atomic E-state index is 12.0. The summed E-state index contributed by atoms with van der Waals surface area (Å²) in [6.07, 6.45) is 1.13. The smallest absolute Gasteiger partial charge is 0.221 e. The lowest BCUT2D eigenvalue weighted by Gasteiger charge is -2.21. The third kappa shape index (κ3) is 6.24. The number of hydrogen-bond acceptors (Lipinski definition) is 2. The summed E-state index contributed by atoms with van der Waals surface area (Å²) in [5, 5.41) is 2.91. The molecule has 24 heavy (non-hydrogen) atoms. The van der Waals surface area contributed by atoms with Gasteiger partial charge >= 0.3 is 0 Å². The van der Waals surface area contributed by atoms with Crippen molar-refractivity contribution in [1.29, 1.82) is 0 Å². The van der Waals surface area contributed by atoms with Gasteiger partial charge in [-0.15, -0.1) is 0 Å². The molecule has 2 amide bonds. The van der Waals surface area contributed by atoms with Crippen molar-refractivity contribution in [3.05, 3.63) is 71.8 Å². The number of benzene rings is 2. The average molecular weight is 324 g/mol. The van der Waals surface area contributed by atoms with Crippen LogP contribution in [-0.2, 0) is 22.6 Å². The van der Waals surface area contributed by atoms with Gasteiger partial charge in [0.05, 0.1) is 0 Å². The SMILES string of the molecule is CC(=O)N(CCC(=O)NCCc1ccccc1)Cc1ccccc1. The van der Waals surface area contributed by atoms with Gasteiger partial charge < -0.3 is 10.2 Å². The van der Waals surface area contributed by atoms with Crippen LogP contribution >= 0.6 is 0 Å². The Morgan fingerprint density at radius 1 is 0.917 bits per heavy atom. The molecule has 0 radical (unpaired) electrons. The molecule has 4 nitrogen and oxygen atoms in total. The monoisotopic (exact) mass is 324 g/mol. The molecular weight excluding hydrogens is 300 g/mol. The fraction of sp³-hybridized carbons (Fsp3) is 0.300. The van der Waals surface area contributed by atoms with Crippen molar-refractivity contribution < 1.29 is 9.59 Å². The standard InChI is InChI=1S/C20H24N2O2/c1-17(23)22(16-19-10-6-3-7-11-19)15-13-20(24)21-14-12-18-8-4-2-5-9-18/h2-11H,12-16H2,1H3,(H,21,24). The first kappa shape index (κ1) is 17.7. The number of amides is 2. The van der Waals surface area contributed by atoms with Crippen LogP contribution in [0.2, 0.25) is 0 Å². The van der Waals surface area contributed by atoms with Crippen LogP contribution in [0.5, 0.6) is 0 Å². The van der Waals surface area contributed by atoms with Crippen molar-refractivity contribution in [3.8, 4) is 0 Å². The first-order chi connectivity index (χ1) is 11.6. The van der Waals surface area contributed by atoms with Crippen LogP contribution in [0.1, 0.15) is 24.5 Å². The van der Waals surface area contributed by atoms with Crippen molar-refractivity contribution in [2.24, 2.45) is 0 Å². The van der Waals surface area contributed by atoms with Gasteiger partial charge in [-0.3, -0.25) is 9.59 Å². The van der Waals surface area contributed by atoms with Crippen LogP contribution in [0.4, 0.5) is 0 Å². The Morgan fingerprint density at radius 3 is 2.08 bits per heavy atom. The molecule has 4 heteroatoms. The Morgan fingerprint density at radius 2 is 1.50 bits per heavy atom. The highest BCUT2D eigenvalue weighted by Gasteiger charge is 2.11. The zero-order valence-corrected chi connectivity index (χ0v) is 14.1. The summed E-state index contributed by atoms with van der Waals surface area (Å²) in [5.74, 6) is -0.0406. The second-order valence-electron chi connectivity index (χ2n) is 5.76. The molecule has 0 saturated heterocycles. The highest BCUT2D eigenvalue weighted by atomic mass is 16.2. The van der Waals surface area contributed by atoms with Crippen LogP contribution in [0.15, 0.2) is 60.7 Å². The molecule has 2 aromatic rings. The van der Waals surface area contributed by atoms with Gasteiger partial charge in [0.2, 0.25) is 11.8 Å². The molecule has 0 heterocycles. The predicted molar refractivity (Wildman–Crippen MR) is 95.3 cm³/mol. The summed E-state index contributed by atoms with van der Waals surface area (Å²) in [6.45, 7) is 3.12. The Hall–Kier alpha value is -2.62. The summed E-state index contributed by atoms with van der Waals surface area (Å²) in [6, 6.07) is 19.9. The third-order valence-corrected chi connectivity index (χ3v) is 3.85. The van der Waals surface area contributed by atoms with Gasteiger partial charge in [0.1, 0.15) is 0 Å². The van der Waals surface area contributed by atoms with E-state index < -0.39 is 0 Å². The molecule has 0 unspecified atom stereocenters. The van der Waals surface area contributed by atoms with Gasteiger partial charge in [0, 0.05) is 33.0 Å². The van der Waals surface area contributed by atoms with Crippen molar-refractivity contribution >= 4 is 11.8 Å². The van der Waals surface area contributed by atoms with Gasteiger partial charge in [-0.1, -0.05) is 60.7 Å². The van der Waals surface area contributed by atoms with Crippen LogP contribution < -0.4 is 5.32 Å². The molecule has 0 atom stereocenters. The largest absolute Gasteiger partial charge is 0.356 e. The Labute approximate surface area is 143 Å². The van der Waals surface area contributed by atoms with Crippen LogP contribution in [0.25, 0.3) is 0 Å². The normalized spacial score (nSPS) is 10.2. The summed E-state index contributed by atoms with van der Waals surface area (Å²) < 4.78 is 0. The Balaban J connectivity index is 1.73. The summed E-state index contributed by atoms with van der Waals surface area (Å²) in [5.41, 5.74) is 2.27. The van der Waals surface area contributed by atoms with Crippen LogP contribution in [0.3, 0.4) is 0 Å². The Bertz CT molecular complexity index is 641. The van der Waals surface area contributed by atoms with Gasteiger partial charge in [-0.2, -0.15) is 0 Å². The molecule has 2 rings (SSSR count). The van der Waals surface area contributed by atoms with Crippen molar-refractivity contribution in [3.63, 3.8) is 0 Å². The molecule has 0 bridgehead atoms. The van der Waals surface area contributed by atoms with Crippen molar-refractivity contribution in [1.82, 2.24) is 10.2 Å². The van der Waals surface area contributed by atoms with E-state index in [9.17, 15) is 9.59 Å². The van der Waals surface area contributed by atoms with Crippen LogP contribution in [-0.4, -0.2) is 29.8 Å². The van der Waals surface area contributed by atoms with E-state index in [1.807, 2.05) is 60.7 Å². The minimum Gasteiger partial charge on any atom is -0.356 e. The topological polar surface area (TPSA) is 49.4 Å². The number of hydrogen-bond donors (Lipinski definition) is 1. The number of rotatable bonds is 8. The number of nitrogens with zero attached hydrogens (tertiary/aromatic N) is 1. The zero-order valence-electron chi connectivity index (χ0n) is 14.1. The molecule has 0 aliphatic carbocycles. The quantitative estimate of drug-likeness (QED) is 0.812. The fourth-order valence-electron chi connectivity index (χ4n) is 2.47. The number of nitrogens with one attached hydrogen (secondary N) is 1. The molecule has 126 valence electrons. The maximum absolute atomic E-state index is 12.0. The van der Waals surface area contributed by atoms with E-state index >= 15 is 0 Å². The molecule has 0 spiro atoms. The van der Waals surface area contributed by atoms with E-state index in [4.69, 9.17) is 0 Å². The van der Waals surface area contributed by atoms with E-state index in [0.717, 1.165) is 12.0 Å². The minimum absolute atomic E-state index is 0.0176. The third-order valence-electron chi connectivity index (χ3n) is 3.85. The molecule has 0 aliphatic rings. The van der Waals surface area contributed by atoms with Crippen molar-refractivity contribution in [2.45, 2.75) is 26.3 Å². The predicted octanol–water partition coefficient (Wildman–Crippen LogP) is 2.78. The lowest BCUT2D eigenvalue weighted by atomic mass is 10.1. The zero-order chi connectivity index (χ0) is 17.2. The fourth-order valence-corrected chi connectivity index (χ4v) is 2.47. The molecule has 0 fully saturated rings. The van der Waals surface area contributed by atoms with E-state index in [1.165, 1.54) is 12.5 Å². The second kappa shape index (κ2) is 9.50. The molecule has 0 aliphatic heterocycles. The summed E-state index contributed by atoms with van der Waals surface area (Å²) in [4.78, 5) is 25.4. The van der Waals surface area contributed by atoms with E-state index in [1.54, 1.807) is 4.90 Å². The number of carbonyl (C=O) groups excluding carboxylic acids is 2. The first-order valence-corrected chi connectivity index (χ1v) is 8.25. The van der Waals surface area contributed by atoms with Crippen LogP contribution in [0, 0.1) is 0 Å². The van der Waals surface area contributed by atoms with Gasteiger partial charge in [0.25, 0.3) is 0 Å². The highest BCUT2D eigenvalue weighted by molar-refractivity contribution is 5.78. The molecule has 2 aromatic carbocycles. The minimum atomic E-state index is -0.0229. The second-order valence-corrected chi connectivity index (χ2v) is 5.76. The lowest BCUT2D eigenvalue weighted by Crippen LogP contribution is -2.34. The van der Waals surface area contributed by atoms with Crippen molar-refractivity contribution in [2.75, 3.05) is 13.1 Å². The molecular formula is C20H24N2O2. The highest BCUT2D eigenvalue weighted by Crippen LogP contribution is 2.05. The summed E-state index contributed by atoms with van der Waals surface area (Å²) >= 11 is 0. The molecule has 0 saturated carbocycles. The number of carbonyl (C=O) groups is 2. The Kier molecular flexibility index (Phi) is 7.02. The van der Waals surface area contributed by atoms with Gasteiger partial charge in [0.15, 0.2) is 0 Å².